The van der Waals surface area contributed by atoms with Crippen LogP contribution in [0.3, 0.4) is 0 Å². The van der Waals surface area contributed by atoms with Crippen molar-refractivity contribution in [2.45, 2.75) is 39.4 Å². The van der Waals surface area contributed by atoms with Gasteiger partial charge in [-0.1, -0.05) is 15.9 Å². The SMILES string of the molecule is CC(C)(C)N1Cc2c(Br)cc(N)c(N)c2C1. The fourth-order valence-electron chi connectivity index (χ4n) is 2.05. The molecule has 0 atom stereocenters. The third-order valence-corrected chi connectivity index (χ3v) is 3.93. The molecule has 2 rings (SSSR count). The van der Waals surface area contributed by atoms with Gasteiger partial charge < -0.3 is 11.5 Å². The smallest absolute Gasteiger partial charge is 0.0597 e. The molecule has 0 aromatic heterocycles. The van der Waals surface area contributed by atoms with Gasteiger partial charge in [0.15, 0.2) is 0 Å². The number of nitrogens with two attached hydrogens (primary N) is 2. The van der Waals surface area contributed by atoms with Crippen LogP contribution in [-0.2, 0) is 13.1 Å². The average molecular weight is 284 g/mol. The van der Waals surface area contributed by atoms with Crippen molar-refractivity contribution >= 4 is 27.3 Å². The lowest BCUT2D eigenvalue weighted by Crippen LogP contribution is -2.36. The van der Waals surface area contributed by atoms with Crippen LogP contribution in [0.2, 0.25) is 0 Å². The Labute approximate surface area is 105 Å². The fraction of sp³-hybridized carbons (Fsp3) is 0.500. The number of nitrogens with zero attached hydrogens (tertiary/aromatic N) is 1. The van der Waals surface area contributed by atoms with Crippen LogP contribution in [-0.4, -0.2) is 10.4 Å². The first-order valence-corrected chi connectivity index (χ1v) is 6.20. The summed E-state index contributed by atoms with van der Waals surface area (Å²) < 4.78 is 1.07. The standard InChI is InChI=1S/C12H18BrN3/c1-12(2,3)16-5-7-8(6-16)11(15)10(14)4-9(7)13/h4H,5-6,14-15H2,1-3H3. The van der Waals surface area contributed by atoms with E-state index in [2.05, 4.69) is 41.6 Å². The van der Waals surface area contributed by atoms with E-state index in [-0.39, 0.29) is 5.54 Å². The Morgan fingerprint density at radius 3 is 2.31 bits per heavy atom. The van der Waals surface area contributed by atoms with Crippen LogP contribution >= 0.6 is 15.9 Å². The number of hydrogen-bond acceptors (Lipinski definition) is 3. The highest BCUT2D eigenvalue weighted by Gasteiger charge is 2.31. The Bertz CT molecular complexity index is 435. The summed E-state index contributed by atoms with van der Waals surface area (Å²) in [5, 5.41) is 0. The summed E-state index contributed by atoms with van der Waals surface area (Å²) in [6, 6.07) is 1.90. The summed E-state index contributed by atoms with van der Waals surface area (Å²) in [4.78, 5) is 2.40. The summed E-state index contributed by atoms with van der Waals surface area (Å²) in [7, 11) is 0. The lowest BCUT2D eigenvalue weighted by Gasteiger charge is -2.31. The first-order valence-electron chi connectivity index (χ1n) is 5.41. The van der Waals surface area contributed by atoms with Crippen LogP contribution in [0.1, 0.15) is 31.9 Å². The van der Waals surface area contributed by atoms with Gasteiger partial charge in [-0.15, -0.1) is 0 Å². The highest BCUT2D eigenvalue weighted by atomic mass is 79.9. The molecule has 0 aliphatic carbocycles. The van der Waals surface area contributed by atoms with Gasteiger partial charge in [-0.2, -0.15) is 0 Å². The third-order valence-electron chi connectivity index (χ3n) is 3.22. The van der Waals surface area contributed by atoms with Crippen molar-refractivity contribution in [1.82, 2.24) is 4.90 Å². The van der Waals surface area contributed by atoms with Crippen molar-refractivity contribution in [3.05, 3.63) is 21.7 Å². The van der Waals surface area contributed by atoms with Crippen LogP contribution in [0.25, 0.3) is 0 Å². The summed E-state index contributed by atoms with van der Waals surface area (Å²) in [6.07, 6.45) is 0. The second kappa shape index (κ2) is 3.64. The van der Waals surface area contributed by atoms with E-state index in [1.165, 1.54) is 11.1 Å². The fourth-order valence-corrected chi connectivity index (χ4v) is 2.66. The molecule has 0 bridgehead atoms. The maximum absolute atomic E-state index is 6.04. The van der Waals surface area contributed by atoms with Gasteiger partial charge in [0.1, 0.15) is 0 Å². The van der Waals surface area contributed by atoms with Gasteiger partial charge in [0.25, 0.3) is 0 Å². The minimum absolute atomic E-state index is 0.152. The van der Waals surface area contributed by atoms with Crippen LogP contribution in [0.4, 0.5) is 11.4 Å². The Morgan fingerprint density at radius 2 is 1.75 bits per heavy atom. The van der Waals surface area contributed by atoms with Crippen molar-refractivity contribution in [3.8, 4) is 0 Å². The van der Waals surface area contributed by atoms with Gasteiger partial charge in [0.2, 0.25) is 0 Å². The van der Waals surface area contributed by atoms with Gasteiger partial charge >= 0.3 is 0 Å². The number of nitrogen functional groups attached to an aromatic ring is 2. The Balaban J connectivity index is 2.45. The van der Waals surface area contributed by atoms with E-state index >= 15 is 0 Å². The Kier molecular flexibility index (Phi) is 2.67. The zero-order chi connectivity index (χ0) is 12.1. The average Bonchev–Trinajstić information content (AvgIpc) is 2.58. The van der Waals surface area contributed by atoms with Gasteiger partial charge in [-0.05, 0) is 38.0 Å². The Hall–Kier alpha value is -0.740. The zero-order valence-corrected chi connectivity index (χ0v) is 11.6. The van der Waals surface area contributed by atoms with Crippen molar-refractivity contribution in [2.75, 3.05) is 11.5 Å². The van der Waals surface area contributed by atoms with Crippen LogP contribution < -0.4 is 11.5 Å². The van der Waals surface area contributed by atoms with Crippen LogP contribution in [0.15, 0.2) is 10.5 Å². The number of fused-ring (bicyclic) bond motifs is 1. The van der Waals surface area contributed by atoms with Crippen molar-refractivity contribution < 1.29 is 0 Å². The monoisotopic (exact) mass is 283 g/mol. The van der Waals surface area contributed by atoms with E-state index in [4.69, 9.17) is 11.5 Å². The molecule has 0 saturated carbocycles. The van der Waals surface area contributed by atoms with Crippen LogP contribution in [0, 0.1) is 0 Å². The maximum Gasteiger partial charge on any atom is 0.0597 e. The maximum atomic E-state index is 6.04. The molecule has 0 saturated heterocycles. The van der Waals surface area contributed by atoms with Crippen molar-refractivity contribution in [1.29, 1.82) is 0 Å². The molecule has 4 heteroatoms. The van der Waals surface area contributed by atoms with Gasteiger partial charge in [-0.25, -0.2) is 0 Å². The summed E-state index contributed by atoms with van der Waals surface area (Å²) in [6.45, 7) is 8.46. The number of rotatable bonds is 0. The molecule has 4 N–H and O–H groups in total. The molecule has 0 radical (unpaired) electrons. The second-order valence-electron chi connectivity index (χ2n) is 5.35. The topological polar surface area (TPSA) is 55.3 Å². The predicted molar refractivity (Wildman–Crippen MR) is 72.0 cm³/mol. The van der Waals surface area contributed by atoms with E-state index in [1.807, 2.05) is 6.07 Å². The summed E-state index contributed by atoms with van der Waals surface area (Å²) in [5.41, 5.74) is 15.9. The van der Waals surface area contributed by atoms with E-state index in [0.29, 0.717) is 5.69 Å². The molecule has 0 amide bonds. The van der Waals surface area contributed by atoms with Gasteiger partial charge in [-0.3, -0.25) is 4.90 Å². The second-order valence-corrected chi connectivity index (χ2v) is 6.20. The molecule has 0 spiro atoms. The molecule has 88 valence electrons. The molecule has 0 fully saturated rings. The molecule has 1 aliphatic rings. The quantitative estimate of drug-likeness (QED) is 0.720. The molecule has 1 aromatic rings. The van der Waals surface area contributed by atoms with Crippen molar-refractivity contribution in [3.63, 3.8) is 0 Å². The number of halogens is 1. The summed E-state index contributed by atoms with van der Waals surface area (Å²) in [5.74, 6) is 0. The molecule has 1 aliphatic heterocycles. The predicted octanol–water partition coefficient (Wildman–Crippen LogP) is 2.73. The molecule has 3 nitrogen and oxygen atoms in total. The van der Waals surface area contributed by atoms with E-state index in [1.54, 1.807) is 0 Å². The Morgan fingerprint density at radius 1 is 1.19 bits per heavy atom. The van der Waals surface area contributed by atoms with Crippen LogP contribution in [0.5, 0.6) is 0 Å². The highest BCUT2D eigenvalue weighted by Crippen LogP contribution is 2.39. The third kappa shape index (κ3) is 1.80. The molecule has 16 heavy (non-hydrogen) atoms. The number of benzene rings is 1. The number of anilines is 2. The molecular formula is C12H18BrN3. The molecule has 1 aromatic carbocycles. The van der Waals surface area contributed by atoms with Gasteiger partial charge in [0.05, 0.1) is 11.4 Å². The van der Waals surface area contributed by atoms with E-state index in [0.717, 1.165) is 23.2 Å². The van der Waals surface area contributed by atoms with E-state index < -0.39 is 0 Å². The minimum atomic E-state index is 0.152. The minimum Gasteiger partial charge on any atom is -0.397 e. The normalized spacial score (nSPS) is 16.5. The molecule has 1 heterocycles. The molecular weight excluding hydrogens is 266 g/mol. The van der Waals surface area contributed by atoms with Gasteiger partial charge in [0, 0.05) is 23.1 Å². The van der Waals surface area contributed by atoms with Crippen molar-refractivity contribution in [2.24, 2.45) is 0 Å². The lowest BCUT2D eigenvalue weighted by molar-refractivity contribution is 0.136. The molecule has 0 unspecified atom stereocenters. The highest BCUT2D eigenvalue weighted by molar-refractivity contribution is 9.10. The largest absolute Gasteiger partial charge is 0.397 e. The lowest BCUT2D eigenvalue weighted by atomic mass is 10.1. The van der Waals surface area contributed by atoms with E-state index in [9.17, 15) is 0 Å². The number of hydrogen-bond donors (Lipinski definition) is 2. The first-order chi connectivity index (χ1) is 7.30. The zero-order valence-electron chi connectivity index (χ0n) is 9.97. The first kappa shape index (κ1) is 11.7. The summed E-state index contributed by atoms with van der Waals surface area (Å²) >= 11 is 3.56.